The molecular weight excluding hydrogens is 479 g/mol. The van der Waals surface area contributed by atoms with Crippen molar-refractivity contribution in [3.63, 3.8) is 0 Å². The number of carbonyl (C=O) groups excluding carboxylic acids is 2. The Hall–Kier alpha value is -1.99. The van der Waals surface area contributed by atoms with Crippen molar-refractivity contribution in [1.29, 1.82) is 0 Å². The van der Waals surface area contributed by atoms with Crippen molar-refractivity contribution in [3.05, 3.63) is 61.9 Å². The Bertz CT molecular complexity index is 1130. The van der Waals surface area contributed by atoms with Crippen LogP contribution in [0.25, 0.3) is 10.1 Å². The van der Waals surface area contributed by atoms with Gasteiger partial charge in [-0.3, -0.25) is 9.59 Å². The molecule has 5 nitrogen and oxygen atoms in total. The van der Waals surface area contributed by atoms with Crippen molar-refractivity contribution < 1.29 is 14.3 Å². The van der Waals surface area contributed by atoms with Gasteiger partial charge in [-0.2, -0.15) is 0 Å². The zero-order valence-corrected chi connectivity index (χ0v) is 19.4. The molecule has 2 aromatic carbocycles. The molecule has 0 atom stereocenters. The number of amides is 2. The second-order valence-electron chi connectivity index (χ2n) is 7.29. The van der Waals surface area contributed by atoms with Crippen LogP contribution in [0.2, 0.25) is 15.1 Å². The highest BCUT2D eigenvalue weighted by Crippen LogP contribution is 2.41. The van der Waals surface area contributed by atoms with E-state index in [1.807, 2.05) is 24.3 Å². The Morgan fingerprint density at radius 1 is 1.10 bits per heavy atom. The molecule has 1 aliphatic rings. The molecule has 0 saturated heterocycles. The average molecular weight is 498 g/mol. The lowest BCUT2D eigenvalue weighted by atomic mass is 10.1. The van der Waals surface area contributed by atoms with Crippen molar-refractivity contribution in [2.24, 2.45) is 0 Å². The third-order valence-corrected chi connectivity index (χ3v) is 6.93. The Kier molecular flexibility index (Phi) is 6.92. The number of ether oxygens (including phenoxy) is 1. The number of hydrogen-bond acceptors (Lipinski definition) is 4. The van der Waals surface area contributed by atoms with Crippen LogP contribution in [0.15, 0.2) is 36.4 Å². The summed E-state index contributed by atoms with van der Waals surface area (Å²) in [6.07, 6.45) is 2.74. The molecule has 1 saturated carbocycles. The lowest BCUT2D eigenvalue weighted by molar-refractivity contribution is -0.123. The fraction of sp³-hybridized carbons (Fsp3) is 0.273. The summed E-state index contributed by atoms with van der Waals surface area (Å²) in [5.41, 5.74) is 1.03. The second-order valence-corrected chi connectivity index (χ2v) is 9.56. The lowest BCUT2D eigenvalue weighted by Crippen LogP contribution is -2.30. The van der Waals surface area contributed by atoms with Gasteiger partial charge in [0, 0.05) is 27.7 Å². The fourth-order valence-corrected chi connectivity index (χ4v) is 5.35. The number of carbonyl (C=O) groups is 2. The summed E-state index contributed by atoms with van der Waals surface area (Å²) < 4.78 is 6.27. The zero-order chi connectivity index (χ0) is 22.0. The van der Waals surface area contributed by atoms with Crippen molar-refractivity contribution >= 4 is 68.0 Å². The second kappa shape index (κ2) is 9.65. The highest BCUT2D eigenvalue weighted by molar-refractivity contribution is 7.21. The molecular formula is C22H19Cl3N2O3S. The van der Waals surface area contributed by atoms with Crippen LogP contribution in [-0.2, 0) is 11.2 Å². The van der Waals surface area contributed by atoms with Gasteiger partial charge >= 0.3 is 0 Å². The summed E-state index contributed by atoms with van der Waals surface area (Å²) in [6.45, 7) is 0.457. The summed E-state index contributed by atoms with van der Waals surface area (Å²) in [6, 6.07) is 11.1. The first-order valence-corrected chi connectivity index (χ1v) is 11.7. The van der Waals surface area contributed by atoms with Crippen LogP contribution >= 0.6 is 46.1 Å². The van der Waals surface area contributed by atoms with Crippen LogP contribution in [0, 0.1) is 0 Å². The monoisotopic (exact) mass is 496 g/mol. The van der Waals surface area contributed by atoms with E-state index in [0.29, 0.717) is 50.1 Å². The first-order valence-electron chi connectivity index (χ1n) is 9.77. The van der Waals surface area contributed by atoms with E-state index >= 15 is 0 Å². The summed E-state index contributed by atoms with van der Waals surface area (Å²) in [5, 5.41) is 7.67. The number of nitrogens with one attached hydrogen (secondary N) is 2. The van der Waals surface area contributed by atoms with Crippen LogP contribution in [0.1, 0.15) is 28.1 Å². The number of thiophene rings is 1. The smallest absolute Gasteiger partial charge is 0.262 e. The van der Waals surface area contributed by atoms with Crippen molar-refractivity contribution in [2.45, 2.75) is 25.3 Å². The third-order valence-electron chi connectivity index (χ3n) is 4.79. The van der Waals surface area contributed by atoms with Crippen LogP contribution in [0.3, 0.4) is 0 Å². The van der Waals surface area contributed by atoms with E-state index in [-0.39, 0.29) is 18.4 Å². The number of halogens is 3. The molecule has 4 rings (SSSR count). The normalized spacial score (nSPS) is 13.3. The van der Waals surface area contributed by atoms with Crippen LogP contribution in [-0.4, -0.2) is 31.0 Å². The summed E-state index contributed by atoms with van der Waals surface area (Å²) in [5.74, 6) is 0.282. The minimum atomic E-state index is -0.250. The van der Waals surface area contributed by atoms with E-state index in [0.717, 1.165) is 23.1 Å². The van der Waals surface area contributed by atoms with E-state index in [9.17, 15) is 9.59 Å². The quantitative estimate of drug-likeness (QED) is 0.432. The SMILES string of the molecule is O=C(COc1ccc(CCNC(=O)c2sc3cc(Cl)cc(Cl)c3c2Cl)cc1)NC1CC1. The lowest BCUT2D eigenvalue weighted by Gasteiger charge is -2.08. The van der Waals surface area contributed by atoms with Gasteiger partial charge in [0.25, 0.3) is 11.8 Å². The molecule has 1 aliphatic carbocycles. The average Bonchev–Trinajstić information content (AvgIpc) is 3.48. The predicted molar refractivity (Wildman–Crippen MR) is 126 cm³/mol. The molecule has 0 bridgehead atoms. The molecule has 2 N–H and O–H groups in total. The molecule has 2 amide bonds. The van der Waals surface area contributed by atoms with E-state index in [1.54, 1.807) is 12.1 Å². The molecule has 0 spiro atoms. The van der Waals surface area contributed by atoms with Gasteiger partial charge in [0.15, 0.2) is 6.61 Å². The van der Waals surface area contributed by atoms with Gasteiger partial charge < -0.3 is 15.4 Å². The molecule has 31 heavy (non-hydrogen) atoms. The van der Waals surface area contributed by atoms with E-state index in [1.165, 1.54) is 11.3 Å². The molecule has 3 aromatic rings. The number of fused-ring (bicyclic) bond motifs is 1. The van der Waals surface area contributed by atoms with Gasteiger partial charge in [-0.15, -0.1) is 11.3 Å². The van der Waals surface area contributed by atoms with Crippen molar-refractivity contribution in [3.8, 4) is 5.75 Å². The largest absolute Gasteiger partial charge is 0.484 e. The molecule has 1 heterocycles. The summed E-state index contributed by atoms with van der Waals surface area (Å²) in [7, 11) is 0. The van der Waals surface area contributed by atoms with Crippen molar-refractivity contribution in [2.75, 3.05) is 13.2 Å². The first kappa shape index (κ1) is 22.2. The fourth-order valence-electron chi connectivity index (χ4n) is 3.06. The van der Waals surface area contributed by atoms with Gasteiger partial charge in [0.05, 0.1) is 10.0 Å². The standard InChI is InChI=1S/C22H19Cl3N2O3S/c23-13-9-16(24)19-17(10-13)31-21(20(19)25)22(29)26-8-7-12-1-5-15(6-2-12)30-11-18(28)27-14-3-4-14/h1-2,5-6,9-10,14H,3-4,7-8,11H2,(H,26,29)(H,27,28). The Balaban J connectivity index is 1.28. The maximum Gasteiger partial charge on any atom is 0.262 e. The molecule has 9 heteroatoms. The Morgan fingerprint density at radius 3 is 2.55 bits per heavy atom. The van der Waals surface area contributed by atoms with Gasteiger partial charge in [0.2, 0.25) is 0 Å². The summed E-state index contributed by atoms with van der Waals surface area (Å²) in [4.78, 5) is 24.7. The van der Waals surface area contributed by atoms with E-state index in [4.69, 9.17) is 39.5 Å². The zero-order valence-electron chi connectivity index (χ0n) is 16.3. The molecule has 0 radical (unpaired) electrons. The Morgan fingerprint density at radius 2 is 1.84 bits per heavy atom. The third kappa shape index (κ3) is 5.63. The van der Waals surface area contributed by atoms with Gasteiger partial charge in [-0.25, -0.2) is 0 Å². The van der Waals surface area contributed by atoms with Crippen LogP contribution in [0.4, 0.5) is 0 Å². The predicted octanol–water partition coefficient (Wildman–Crippen LogP) is 5.49. The molecule has 0 unspecified atom stereocenters. The topological polar surface area (TPSA) is 67.4 Å². The van der Waals surface area contributed by atoms with E-state index in [2.05, 4.69) is 10.6 Å². The van der Waals surface area contributed by atoms with Gasteiger partial charge in [-0.05, 0) is 49.1 Å². The highest BCUT2D eigenvalue weighted by atomic mass is 35.5. The maximum atomic E-state index is 12.6. The molecule has 0 aliphatic heterocycles. The minimum Gasteiger partial charge on any atom is -0.484 e. The van der Waals surface area contributed by atoms with Gasteiger partial charge in [0.1, 0.15) is 10.6 Å². The number of hydrogen-bond donors (Lipinski definition) is 2. The number of benzene rings is 2. The first-order chi connectivity index (χ1) is 14.9. The summed E-state index contributed by atoms with van der Waals surface area (Å²) >= 11 is 19.9. The van der Waals surface area contributed by atoms with Crippen molar-refractivity contribution in [1.82, 2.24) is 10.6 Å². The van der Waals surface area contributed by atoms with Crippen LogP contribution < -0.4 is 15.4 Å². The molecule has 1 fully saturated rings. The maximum absolute atomic E-state index is 12.6. The van der Waals surface area contributed by atoms with Gasteiger partial charge in [-0.1, -0.05) is 46.9 Å². The minimum absolute atomic E-state index is 0.0110. The van der Waals surface area contributed by atoms with E-state index < -0.39 is 0 Å². The molecule has 162 valence electrons. The Labute approximate surface area is 198 Å². The number of rotatable bonds is 8. The molecule has 1 aromatic heterocycles. The highest BCUT2D eigenvalue weighted by Gasteiger charge is 2.23. The van der Waals surface area contributed by atoms with Crippen LogP contribution in [0.5, 0.6) is 5.75 Å².